The van der Waals surface area contributed by atoms with E-state index in [2.05, 4.69) is 104 Å². The molecule has 8 heteroatoms. The summed E-state index contributed by atoms with van der Waals surface area (Å²) in [5.74, 6) is -0.745. The molecule has 2 heterocycles. The third-order valence-electron chi connectivity index (χ3n) is 9.46. The van der Waals surface area contributed by atoms with Crippen LogP contribution in [0.1, 0.15) is 116 Å². The van der Waals surface area contributed by atoms with Gasteiger partial charge in [-0.3, -0.25) is 19.3 Å². The lowest BCUT2D eigenvalue weighted by atomic mass is 9.80. The summed E-state index contributed by atoms with van der Waals surface area (Å²) in [6, 6.07) is 16.5. The van der Waals surface area contributed by atoms with Gasteiger partial charge in [0.05, 0.1) is 26.1 Å². The van der Waals surface area contributed by atoms with E-state index < -0.39 is 0 Å². The van der Waals surface area contributed by atoms with Crippen molar-refractivity contribution in [2.75, 3.05) is 0 Å². The zero-order valence-corrected chi connectivity index (χ0v) is 29.8. The second kappa shape index (κ2) is 14.1. The van der Waals surface area contributed by atoms with Crippen LogP contribution in [0.4, 0.5) is 0 Å². The van der Waals surface area contributed by atoms with Gasteiger partial charge >= 0.3 is 11.9 Å². The molecule has 8 nitrogen and oxygen atoms in total. The number of hydrogen-bond donors (Lipinski definition) is 0. The van der Waals surface area contributed by atoms with Gasteiger partial charge in [0.1, 0.15) is 12.2 Å². The summed E-state index contributed by atoms with van der Waals surface area (Å²) in [4.78, 5) is 38.6. The van der Waals surface area contributed by atoms with Gasteiger partial charge in [0, 0.05) is 47.8 Å². The Labute approximate surface area is 276 Å². The van der Waals surface area contributed by atoms with Crippen molar-refractivity contribution in [1.82, 2.24) is 10.1 Å². The molecule has 46 heavy (non-hydrogen) atoms. The van der Waals surface area contributed by atoms with Crippen molar-refractivity contribution >= 4 is 11.9 Å². The zero-order chi connectivity index (χ0) is 33.9. The summed E-state index contributed by atoms with van der Waals surface area (Å²) in [5.41, 5.74) is 3.28. The average Bonchev–Trinajstić information content (AvgIpc) is 2.91. The molecule has 2 aromatic carbocycles. The van der Waals surface area contributed by atoms with E-state index in [0.717, 1.165) is 11.1 Å². The highest BCUT2D eigenvalue weighted by atomic mass is 16.7. The fourth-order valence-electron chi connectivity index (χ4n) is 7.71. The van der Waals surface area contributed by atoms with Crippen molar-refractivity contribution < 1.29 is 28.7 Å². The summed E-state index contributed by atoms with van der Waals surface area (Å²) in [5, 5.41) is 4.13. The number of piperidine rings is 2. The molecule has 0 radical (unpaired) electrons. The average molecular weight is 637 g/mol. The van der Waals surface area contributed by atoms with E-state index in [1.165, 1.54) is 11.1 Å². The van der Waals surface area contributed by atoms with Gasteiger partial charge in [0.15, 0.2) is 0 Å². The highest BCUT2D eigenvalue weighted by Gasteiger charge is 2.49. The Bertz CT molecular complexity index is 1230. The molecule has 0 atom stereocenters. The summed E-state index contributed by atoms with van der Waals surface area (Å²) in [7, 11) is 0. The van der Waals surface area contributed by atoms with Crippen LogP contribution < -0.4 is 0 Å². The van der Waals surface area contributed by atoms with Crippen molar-refractivity contribution in [3.8, 4) is 0 Å². The van der Waals surface area contributed by atoms with Gasteiger partial charge in [-0.2, -0.15) is 10.1 Å². The molecule has 0 aromatic heterocycles. The lowest BCUT2D eigenvalue weighted by molar-refractivity contribution is -0.300. The Morgan fingerprint density at radius 1 is 0.587 bits per heavy atom. The Morgan fingerprint density at radius 2 is 0.891 bits per heavy atom. The number of carbonyl (C=O) groups excluding carboxylic acids is 2. The van der Waals surface area contributed by atoms with Crippen LogP contribution in [0.3, 0.4) is 0 Å². The predicted octanol–water partition coefficient (Wildman–Crippen LogP) is 7.78. The van der Waals surface area contributed by atoms with Crippen LogP contribution >= 0.6 is 0 Å². The summed E-state index contributed by atoms with van der Waals surface area (Å²) < 4.78 is 11.9. The normalized spacial score (nSPS) is 21.5. The van der Waals surface area contributed by atoms with Crippen molar-refractivity contribution in [2.24, 2.45) is 0 Å². The molecule has 2 aliphatic rings. The van der Waals surface area contributed by atoms with E-state index in [4.69, 9.17) is 19.1 Å². The van der Waals surface area contributed by atoms with Gasteiger partial charge in [0.25, 0.3) is 0 Å². The standard InChI is InChI=1S/C38H56N2O6/c1-27-15-11-13-17-29(27)25-43-39-35(3,4)21-31(22-36(39,5)6)45-33(41)19-20-34(42)46-32-23-37(7,8)40(38(9,10)24-32)44-26-30-18-14-12-16-28(30)2/h11-18,31-32H,19-26H2,1-10H3. The number of nitrogens with zero attached hydrogens (tertiary/aromatic N) is 2. The number of ether oxygens (including phenoxy) is 2. The third-order valence-corrected chi connectivity index (χ3v) is 9.46. The minimum Gasteiger partial charge on any atom is -0.462 e. The highest BCUT2D eigenvalue weighted by Crippen LogP contribution is 2.42. The molecule has 2 aromatic rings. The fourth-order valence-corrected chi connectivity index (χ4v) is 7.71. The summed E-state index contributed by atoms with van der Waals surface area (Å²) in [6.07, 6.45) is 1.99. The first kappa shape index (κ1) is 36.1. The van der Waals surface area contributed by atoms with Crippen LogP contribution in [0.5, 0.6) is 0 Å². The maximum Gasteiger partial charge on any atom is 0.306 e. The Balaban J connectivity index is 1.25. The number of esters is 2. The predicted molar refractivity (Wildman–Crippen MR) is 179 cm³/mol. The summed E-state index contributed by atoms with van der Waals surface area (Å²) >= 11 is 0. The first-order valence-electron chi connectivity index (χ1n) is 16.7. The van der Waals surface area contributed by atoms with Gasteiger partial charge in [-0.05, 0) is 91.5 Å². The molecule has 0 amide bonds. The van der Waals surface area contributed by atoms with E-state index >= 15 is 0 Å². The molecule has 4 rings (SSSR count). The minimum atomic E-state index is -0.372. The van der Waals surface area contributed by atoms with E-state index in [0.29, 0.717) is 38.9 Å². The van der Waals surface area contributed by atoms with Crippen molar-refractivity contribution in [3.63, 3.8) is 0 Å². The van der Waals surface area contributed by atoms with Crippen LogP contribution in [-0.2, 0) is 42.0 Å². The van der Waals surface area contributed by atoms with Crippen LogP contribution in [0.15, 0.2) is 48.5 Å². The molecular formula is C38H56N2O6. The van der Waals surface area contributed by atoms with Gasteiger partial charge in [0.2, 0.25) is 0 Å². The number of benzene rings is 2. The van der Waals surface area contributed by atoms with Crippen molar-refractivity contribution in [1.29, 1.82) is 0 Å². The first-order chi connectivity index (χ1) is 21.4. The molecular weight excluding hydrogens is 580 g/mol. The van der Waals surface area contributed by atoms with E-state index in [-0.39, 0.29) is 59.1 Å². The molecule has 0 bridgehead atoms. The number of aryl methyl sites for hydroxylation is 2. The number of hydrogen-bond acceptors (Lipinski definition) is 8. The van der Waals surface area contributed by atoms with Crippen LogP contribution in [0.2, 0.25) is 0 Å². The molecule has 0 unspecified atom stereocenters. The molecule has 254 valence electrons. The quantitative estimate of drug-likeness (QED) is 0.232. The first-order valence-corrected chi connectivity index (χ1v) is 16.7. The molecule has 0 spiro atoms. The second-order valence-corrected chi connectivity index (χ2v) is 15.8. The van der Waals surface area contributed by atoms with Crippen LogP contribution in [-0.4, -0.2) is 56.4 Å². The maximum absolute atomic E-state index is 12.9. The Hall–Kier alpha value is -2.78. The number of rotatable bonds is 11. The largest absolute Gasteiger partial charge is 0.462 e. The maximum atomic E-state index is 12.9. The molecule has 0 saturated carbocycles. The lowest BCUT2D eigenvalue weighted by Crippen LogP contribution is -2.62. The molecule has 2 fully saturated rings. The van der Waals surface area contributed by atoms with Crippen molar-refractivity contribution in [3.05, 3.63) is 70.8 Å². The van der Waals surface area contributed by atoms with Gasteiger partial charge in [-0.15, -0.1) is 0 Å². The molecule has 2 saturated heterocycles. The molecule has 0 N–H and O–H groups in total. The number of hydroxylamine groups is 4. The van der Waals surface area contributed by atoms with E-state index in [1.807, 2.05) is 24.3 Å². The van der Waals surface area contributed by atoms with Crippen molar-refractivity contribution in [2.45, 2.75) is 155 Å². The number of carbonyl (C=O) groups is 2. The topological polar surface area (TPSA) is 77.5 Å². The molecule has 2 aliphatic heterocycles. The van der Waals surface area contributed by atoms with Crippen LogP contribution in [0.25, 0.3) is 0 Å². The van der Waals surface area contributed by atoms with E-state index in [9.17, 15) is 9.59 Å². The smallest absolute Gasteiger partial charge is 0.306 e. The zero-order valence-electron chi connectivity index (χ0n) is 29.8. The third kappa shape index (κ3) is 8.97. The lowest BCUT2D eigenvalue weighted by Gasteiger charge is -2.53. The highest BCUT2D eigenvalue weighted by molar-refractivity contribution is 5.77. The van der Waals surface area contributed by atoms with Gasteiger partial charge in [-0.25, -0.2) is 0 Å². The second-order valence-electron chi connectivity index (χ2n) is 15.8. The SMILES string of the molecule is Cc1ccccc1CON1C(C)(C)CC(OC(=O)CCC(=O)OC2CC(C)(C)N(OCc3ccccc3C)C(C)(C)C2)CC1(C)C. The Kier molecular flexibility index (Phi) is 11.1. The monoisotopic (exact) mass is 636 g/mol. The molecule has 0 aliphatic carbocycles. The van der Waals surface area contributed by atoms with E-state index in [1.54, 1.807) is 0 Å². The fraction of sp³-hybridized carbons (Fsp3) is 0.632. The van der Waals surface area contributed by atoms with Gasteiger partial charge < -0.3 is 9.47 Å². The summed E-state index contributed by atoms with van der Waals surface area (Å²) in [6.45, 7) is 22.1. The van der Waals surface area contributed by atoms with Crippen LogP contribution in [0, 0.1) is 13.8 Å². The minimum absolute atomic E-state index is 0.00510. The Morgan fingerprint density at radius 3 is 1.20 bits per heavy atom. The van der Waals surface area contributed by atoms with Gasteiger partial charge in [-0.1, -0.05) is 48.5 Å².